The van der Waals surface area contributed by atoms with Gasteiger partial charge in [-0.15, -0.1) is 0 Å². The normalized spacial score (nSPS) is 10.5. The van der Waals surface area contributed by atoms with Crippen LogP contribution in [0, 0.1) is 11.3 Å². The molecule has 20 heavy (non-hydrogen) atoms. The molecule has 0 bridgehead atoms. The number of nitriles is 1. The summed E-state index contributed by atoms with van der Waals surface area (Å²) in [6.07, 6.45) is 1.56. The molecule has 0 aliphatic heterocycles. The number of hydrogen-bond acceptors (Lipinski definition) is 5. The first-order valence-electron chi connectivity index (χ1n) is 6.09. The average Bonchev–Trinajstić information content (AvgIpc) is 2.75. The minimum atomic E-state index is -0.132. The molecule has 2 aromatic heterocycles. The van der Waals surface area contributed by atoms with Gasteiger partial charge in [0.25, 0.3) is 0 Å². The molecule has 0 unspecified atom stereocenters. The number of anilines is 1. The topological polar surface area (TPSA) is 101 Å². The van der Waals surface area contributed by atoms with E-state index in [1.165, 1.54) is 4.68 Å². The molecule has 0 saturated heterocycles. The fourth-order valence-electron chi connectivity index (χ4n) is 1.92. The number of aromatic nitrogens is 3. The number of aliphatic hydroxyl groups excluding tert-OH is 1. The van der Waals surface area contributed by atoms with Gasteiger partial charge in [-0.2, -0.15) is 15.0 Å². The van der Waals surface area contributed by atoms with Gasteiger partial charge in [0.1, 0.15) is 23.2 Å². The van der Waals surface area contributed by atoms with Gasteiger partial charge in [0.05, 0.1) is 11.3 Å². The Bertz CT molecular complexity index is 709. The van der Waals surface area contributed by atoms with Crippen LogP contribution in [0.3, 0.4) is 0 Å². The van der Waals surface area contributed by atoms with Crippen molar-refractivity contribution in [2.75, 3.05) is 5.73 Å². The largest absolute Gasteiger partial charge is 0.508 e. The maximum atomic E-state index is 9.62. The molecule has 0 saturated carbocycles. The summed E-state index contributed by atoms with van der Waals surface area (Å²) in [5, 5.41) is 23.2. The number of pyridine rings is 1. The lowest BCUT2D eigenvalue weighted by atomic mass is 10.1. The van der Waals surface area contributed by atoms with Gasteiger partial charge in [-0.3, -0.25) is 0 Å². The summed E-state index contributed by atoms with van der Waals surface area (Å²) in [6.45, 7) is 7.35. The fraction of sp³-hybridized carbons (Fsp3) is 0.214. The zero-order valence-corrected chi connectivity index (χ0v) is 11.3. The Labute approximate surface area is 116 Å². The summed E-state index contributed by atoms with van der Waals surface area (Å²) < 4.78 is 1.37. The van der Waals surface area contributed by atoms with Gasteiger partial charge in [0, 0.05) is 6.20 Å². The van der Waals surface area contributed by atoms with Crippen LogP contribution in [-0.4, -0.2) is 19.9 Å². The predicted octanol–water partition coefficient (Wildman–Crippen LogP) is 2.37. The van der Waals surface area contributed by atoms with Crippen molar-refractivity contribution in [3.05, 3.63) is 41.7 Å². The smallest absolute Gasteiger partial charge is 0.166 e. The third-order valence-corrected chi connectivity index (χ3v) is 2.91. The van der Waals surface area contributed by atoms with E-state index < -0.39 is 0 Å². The Hall–Kier alpha value is -2.81. The molecule has 3 N–H and O–H groups in total. The second-order valence-electron chi connectivity index (χ2n) is 4.65. The molecular weight excluding hydrogens is 254 g/mol. The highest BCUT2D eigenvalue weighted by Crippen LogP contribution is 2.27. The van der Waals surface area contributed by atoms with Crippen LogP contribution in [-0.2, 0) is 0 Å². The molecule has 0 fully saturated rings. The standard InChI is InChI=1S/C14H15N5O/c1-8(2)12-11(7-15)13(16)19(18-12)14-10(9(3)20)5-4-6-17-14/h4-6,8,20H,3,16H2,1-2H3. The number of nitrogens with two attached hydrogens (primary N) is 1. The minimum Gasteiger partial charge on any atom is -0.508 e. The Morgan fingerprint density at radius 3 is 2.75 bits per heavy atom. The zero-order chi connectivity index (χ0) is 14.9. The molecule has 6 heteroatoms. The second kappa shape index (κ2) is 5.05. The first-order valence-corrected chi connectivity index (χ1v) is 6.09. The van der Waals surface area contributed by atoms with Crippen LogP contribution < -0.4 is 5.73 Å². The first kappa shape index (κ1) is 13.6. The first-order chi connectivity index (χ1) is 9.47. The van der Waals surface area contributed by atoms with Crippen molar-refractivity contribution >= 4 is 11.6 Å². The molecule has 2 heterocycles. The third kappa shape index (κ3) is 2.10. The molecular formula is C14H15N5O. The number of nitrogens with zero attached hydrogens (tertiary/aromatic N) is 4. The van der Waals surface area contributed by atoms with Crippen molar-refractivity contribution in [1.82, 2.24) is 14.8 Å². The molecule has 2 rings (SSSR count). The van der Waals surface area contributed by atoms with E-state index in [0.717, 1.165) is 0 Å². The monoisotopic (exact) mass is 269 g/mol. The number of hydrogen-bond donors (Lipinski definition) is 2. The molecule has 2 aromatic rings. The van der Waals surface area contributed by atoms with Crippen LogP contribution in [0.15, 0.2) is 24.9 Å². The van der Waals surface area contributed by atoms with Gasteiger partial charge < -0.3 is 10.8 Å². The lowest BCUT2D eigenvalue weighted by molar-refractivity contribution is 0.512. The summed E-state index contributed by atoms with van der Waals surface area (Å²) in [5.41, 5.74) is 7.33. The molecule has 0 aliphatic carbocycles. The van der Waals surface area contributed by atoms with Crippen molar-refractivity contribution in [2.24, 2.45) is 0 Å². The summed E-state index contributed by atoms with van der Waals surface area (Å²) in [7, 11) is 0. The molecule has 0 radical (unpaired) electrons. The zero-order valence-electron chi connectivity index (χ0n) is 11.3. The molecule has 0 aromatic carbocycles. The van der Waals surface area contributed by atoms with Gasteiger partial charge in [0.2, 0.25) is 0 Å². The second-order valence-corrected chi connectivity index (χ2v) is 4.65. The molecule has 0 amide bonds. The van der Waals surface area contributed by atoms with Crippen LogP contribution in [0.1, 0.15) is 36.6 Å². The minimum absolute atomic E-state index is 0.0534. The van der Waals surface area contributed by atoms with E-state index in [4.69, 9.17) is 5.73 Å². The van der Waals surface area contributed by atoms with E-state index in [1.807, 2.05) is 13.8 Å². The highest BCUT2D eigenvalue weighted by molar-refractivity contribution is 5.65. The maximum Gasteiger partial charge on any atom is 0.166 e. The average molecular weight is 269 g/mol. The van der Waals surface area contributed by atoms with Gasteiger partial charge in [0.15, 0.2) is 5.82 Å². The number of rotatable bonds is 3. The summed E-state index contributed by atoms with van der Waals surface area (Å²) >= 11 is 0. The predicted molar refractivity (Wildman–Crippen MR) is 76.2 cm³/mol. The molecule has 6 nitrogen and oxygen atoms in total. The van der Waals surface area contributed by atoms with Crippen molar-refractivity contribution in [3.8, 4) is 11.9 Å². The van der Waals surface area contributed by atoms with Crippen LogP contribution in [0.5, 0.6) is 0 Å². The molecule has 0 aliphatic rings. The highest BCUT2D eigenvalue weighted by atomic mass is 16.3. The fourth-order valence-corrected chi connectivity index (χ4v) is 1.92. The Morgan fingerprint density at radius 1 is 1.55 bits per heavy atom. The number of aliphatic hydroxyl groups is 1. The van der Waals surface area contributed by atoms with E-state index in [2.05, 4.69) is 22.7 Å². The SMILES string of the molecule is C=C(O)c1cccnc1-n1nc(C(C)C)c(C#N)c1N. The Kier molecular flexibility index (Phi) is 3.44. The molecule has 0 atom stereocenters. The third-order valence-electron chi connectivity index (χ3n) is 2.91. The van der Waals surface area contributed by atoms with Gasteiger partial charge in [-0.1, -0.05) is 20.4 Å². The summed E-state index contributed by atoms with van der Waals surface area (Å²) in [4.78, 5) is 4.17. The van der Waals surface area contributed by atoms with Crippen molar-refractivity contribution in [3.63, 3.8) is 0 Å². The molecule has 102 valence electrons. The van der Waals surface area contributed by atoms with Crippen molar-refractivity contribution in [2.45, 2.75) is 19.8 Å². The summed E-state index contributed by atoms with van der Waals surface area (Å²) in [6, 6.07) is 5.40. The maximum absolute atomic E-state index is 9.62. The van der Waals surface area contributed by atoms with Crippen molar-refractivity contribution < 1.29 is 5.11 Å². The quantitative estimate of drug-likeness (QED) is 0.833. The summed E-state index contributed by atoms with van der Waals surface area (Å²) in [5.74, 6) is 0.476. The van der Waals surface area contributed by atoms with Gasteiger partial charge >= 0.3 is 0 Å². The van der Waals surface area contributed by atoms with Gasteiger partial charge in [-0.25, -0.2) is 4.98 Å². The number of nitrogen functional groups attached to an aromatic ring is 1. The Balaban J connectivity index is 2.72. The molecule has 0 spiro atoms. The van der Waals surface area contributed by atoms with Crippen LogP contribution >= 0.6 is 0 Å². The lowest BCUT2D eigenvalue weighted by Gasteiger charge is -2.08. The lowest BCUT2D eigenvalue weighted by Crippen LogP contribution is -2.07. The highest BCUT2D eigenvalue weighted by Gasteiger charge is 2.21. The van der Waals surface area contributed by atoms with Crippen LogP contribution in [0.25, 0.3) is 11.6 Å². The van der Waals surface area contributed by atoms with Crippen molar-refractivity contribution in [1.29, 1.82) is 5.26 Å². The van der Waals surface area contributed by atoms with E-state index >= 15 is 0 Å². The van der Waals surface area contributed by atoms with Crippen LogP contribution in [0.4, 0.5) is 5.82 Å². The van der Waals surface area contributed by atoms with Gasteiger partial charge in [-0.05, 0) is 18.1 Å². The van der Waals surface area contributed by atoms with E-state index in [-0.39, 0.29) is 17.5 Å². The Morgan fingerprint density at radius 2 is 2.25 bits per heavy atom. The van der Waals surface area contributed by atoms with E-state index in [0.29, 0.717) is 22.6 Å². The van der Waals surface area contributed by atoms with E-state index in [1.54, 1.807) is 18.3 Å². The van der Waals surface area contributed by atoms with Crippen LogP contribution in [0.2, 0.25) is 0 Å². The van der Waals surface area contributed by atoms with E-state index in [9.17, 15) is 10.4 Å².